The van der Waals surface area contributed by atoms with Gasteiger partial charge in [-0.1, -0.05) is 5.92 Å². The molecule has 0 fully saturated rings. The van der Waals surface area contributed by atoms with Crippen molar-refractivity contribution in [2.45, 2.75) is 56.6 Å². The first-order valence-electron chi connectivity index (χ1n) is 6.01. The van der Waals surface area contributed by atoms with Gasteiger partial charge in [0.2, 0.25) is 0 Å². The van der Waals surface area contributed by atoms with Gasteiger partial charge in [0.1, 0.15) is 5.60 Å². The van der Waals surface area contributed by atoms with Crippen molar-refractivity contribution in [3.8, 4) is 12.3 Å². The van der Waals surface area contributed by atoms with E-state index in [2.05, 4.69) is 5.92 Å². The number of hydrogen-bond acceptors (Lipinski definition) is 2. The van der Waals surface area contributed by atoms with Crippen molar-refractivity contribution in [2.24, 2.45) is 0 Å². The van der Waals surface area contributed by atoms with Crippen LogP contribution in [0.1, 0.15) is 19.8 Å². The molecule has 0 aromatic heterocycles. The fourth-order valence-electron chi connectivity index (χ4n) is 1.27. The van der Waals surface area contributed by atoms with E-state index in [4.69, 9.17) is 10.8 Å². The zero-order chi connectivity index (χ0) is 16.2. The Balaban J connectivity index is 4.32. The first-order chi connectivity index (χ1) is 8.72. The van der Waals surface area contributed by atoms with Crippen LogP contribution in [0.5, 0.6) is 0 Å². The molecular formula is C12H19F5O2Si. The van der Waals surface area contributed by atoms with Crippen LogP contribution in [0.3, 0.4) is 0 Å². The van der Waals surface area contributed by atoms with Crippen LogP contribution < -0.4 is 0 Å². The number of rotatable bonds is 7. The number of halogens is 5. The molecule has 0 aliphatic heterocycles. The summed E-state index contributed by atoms with van der Waals surface area (Å²) in [5.74, 6) is -2.58. The van der Waals surface area contributed by atoms with Crippen molar-refractivity contribution >= 4 is 8.32 Å². The third kappa shape index (κ3) is 6.68. The van der Waals surface area contributed by atoms with Gasteiger partial charge in [0.05, 0.1) is 0 Å². The summed E-state index contributed by atoms with van der Waals surface area (Å²) in [5, 5.41) is 9.52. The lowest BCUT2D eigenvalue weighted by molar-refractivity contribution is -0.282. The van der Waals surface area contributed by atoms with Crippen LogP contribution in [0.4, 0.5) is 22.0 Å². The van der Waals surface area contributed by atoms with Crippen molar-refractivity contribution in [1.82, 2.24) is 0 Å². The quantitative estimate of drug-likeness (QED) is 0.442. The van der Waals surface area contributed by atoms with E-state index in [0.29, 0.717) is 0 Å². The monoisotopic (exact) mass is 318 g/mol. The summed E-state index contributed by atoms with van der Waals surface area (Å²) in [4.78, 5) is 0. The lowest BCUT2D eigenvalue weighted by Gasteiger charge is -2.27. The van der Waals surface area contributed by atoms with Crippen LogP contribution >= 0.6 is 0 Å². The van der Waals surface area contributed by atoms with E-state index in [9.17, 15) is 27.1 Å². The van der Waals surface area contributed by atoms with Crippen LogP contribution in [0.15, 0.2) is 0 Å². The number of hydrogen-bond donors (Lipinski definition) is 1. The Kier molecular flexibility index (Phi) is 6.20. The Labute approximate surface area is 116 Å². The molecule has 0 aromatic rings. The number of aliphatic hydroxyl groups is 1. The van der Waals surface area contributed by atoms with Gasteiger partial charge in [-0.05, 0) is 26.1 Å². The van der Waals surface area contributed by atoms with E-state index < -0.39 is 32.4 Å². The minimum absolute atomic E-state index is 0.0218. The Hall–Kier alpha value is -0.653. The molecule has 0 spiro atoms. The van der Waals surface area contributed by atoms with Gasteiger partial charge >= 0.3 is 12.1 Å². The molecule has 0 aliphatic rings. The Morgan fingerprint density at radius 3 is 2.05 bits per heavy atom. The highest BCUT2D eigenvalue weighted by Crippen LogP contribution is 2.40. The van der Waals surface area contributed by atoms with E-state index >= 15 is 0 Å². The molecule has 1 unspecified atom stereocenters. The second-order valence-corrected chi connectivity index (χ2v) is 9.79. The SMILES string of the molecule is C#CC(C)(O)CCO[Si](C)(C)CCC(F)(F)C(F)(F)F. The molecular weight excluding hydrogens is 299 g/mol. The van der Waals surface area contributed by atoms with E-state index in [-0.39, 0.29) is 19.1 Å². The van der Waals surface area contributed by atoms with E-state index in [1.807, 2.05) is 0 Å². The van der Waals surface area contributed by atoms with Gasteiger partial charge < -0.3 is 9.53 Å². The van der Waals surface area contributed by atoms with Crippen molar-refractivity contribution in [1.29, 1.82) is 0 Å². The van der Waals surface area contributed by atoms with Gasteiger partial charge in [-0.2, -0.15) is 22.0 Å². The van der Waals surface area contributed by atoms with Crippen molar-refractivity contribution in [3.63, 3.8) is 0 Å². The third-order valence-corrected chi connectivity index (χ3v) is 5.29. The highest BCUT2D eigenvalue weighted by molar-refractivity contribution is 6.71. The summed E-state index contributed by atoms with van der Waals surface area (Å²) in [6, 6.07) is -0.336. The molecule has 0 rings (SSSR count). The average Bonchev–Trinajstić information content (AvgIpc) is 2.25. The second kappa shape index (κ2) is 6.41. The molecule has 0 saturated heterocycles. The van der Waals surface area contributed by atoms with Crippen LogP contribution in [0.25, 0.3) is 0 Å². The highest BCUT2D eigenvalue weighted by Gasteiger charge is 2.57. The molecule has 0 aromatic carbocycles. The van der Waals surface area contributed by atoms with E-state index in [1.54, 1.807) is 13.1 Å². The van der Waals surface area contributed by atoms with Gasteiger partial charge in [-0.15, -0.1) is 6.42 Å². The maximum Gasteiger partial charge on any atom is 0.453 e. The fourth-order valence-corrected chi connectivity index (χ4v) is 2.99. The van der Waals surface area contributed by atoms with E-state index in [1.165, 1.54) is 6.92 Å². The molecule has 20 heavy (non-hydrogen) atoms. The van der Waals surface area contributed by atoms with Crippen molar-refractivity contribution < 1.29 is 31.5 Å². The predicted molar refractivity (Wildman–Crippen MR) is 67.9 cm³/mol. The predicted octanol–water partition coefficient (Wildman–Crippen LogP) is 3.57. The van der Waals surface area contributed by atoms with Gasteiger partial charge in [-0.3, -0.25) is 0 Å². The molecule has 8 heteroatoms. The largest absolute Gasteiger partial charge is 0.453 e. The van der Waals surface area contributed by atoms with Gasteiger partial charge in [0, 0.05) is 19.4 Å². The maximum absolute atomic E-state index is 12.8. The van der Waals surface area contributed by atoms with Gasteiger partial charge in [0.15, 0.2) is 8.32 Å². The summed E-state index contributed by atoms with van der Waals surface area (Å²) in [6.45, 7) is 4.50. The number of terminal acetylenes is 1. The lowest BCUT2D eigenvalue weighted by atomic mass is 10.1. The molecule has 1 atom stereocenters. The summed E-state index contributed by atoms with van der Waals surface area (Å²) < 4.78 is 67.1. The molecule has 0 bridgehead atoms. The van der Waals surface area contributed by atoms with Crippen LogP contribution in [-0.2, 0) is 4.43 Å². The molecule has 0 radical (unpaired) electrons. The molecule has 0 saturated carbocycles. The van der Waals surface area contributed by atoms with Crippen molar-refractivity contribution in [3.05, 3.63) is 0 Å². The van der Waals surface area contributed by atoms with Gasteiger partial charge in [0.25, 0.3) is 0 Å². The Morgan fingerprint density at radius 2 is 1.65 bits per heavy atom. The minimum Gasteiger partial charge on any atom is -0.417 e. The molecule has 0 heterocycles. The second-order valence-electron chi connectivity index (χ2n) is 5.48. The fraction of sp³-hybridized carbons (Fsp3) is 0.833. The summed E-state index contributed by atoms with van der Waals surface area (Å²) in [5.41, 5.74) is -1.37. The van der Waals surface area contributed by atoms with Crippen LogP contribution in [0.2, 0.25) is 19.1 Å². The van der Waals surface area contributed by atoms with E-state index in [0.717, 1.165) is 0 Å². The molecule has 2 nitrogen and oxygen atoms in total. The summed E-state index contributed by atoms with van der Waals surface area (Å²) in [7, 11) is -2.66. The Morgan fingerprint density at radius 1 is 1.15 bits per heavy atom. The standard InChI is InChI=1S/C12H19F5O2Si/c1-5-10(2,18)6-8-19-20(3,4)9-7-11(13,14)12(15,16)17/h1,18H,6-9H2,2-4H3. The molecule has 0 aliphatic carbocycles. The van der Waals surface area contributed by atoms with Gasteiger partial charge in [-0.25, -0.2) is 0 Å². The molecule has 1 N–H and O–H groups in total. The van der Waals surface area contributed by atoms with Crippen LogP contribution in [-0.4, -0.2) is 37.7 Å². The summed E-state index contributed by atoms with van der Waals surface area (Å²) in [6.07, 6.45) is -1.68. The molecule has 0 amide bonds. The first-order valence-corrected chi connectivity index (χ1v) is 9.13. The number of alkyl halides is 5. The van der Waals surface area contributed by atoms with Crippen LogP contribution in [0, 0.1) is 12.3 Å². The maximum atomic E-state index is 12.8. The zero-order valence-corrected chi connectivity index (χ0v) is 12.7. The minimum atomic E-state index is -5.54. The lowest BCUT2D eigenvalue weighted by Crippen LogP contribution is -2.40. The molecule has 118 valence electrons. The first kappa shape index (κ1) is 19.3. The third-order valence-electron chi connectivity index (χ3n) is 2.85. The topological polar surface area (TPSA) is 29.5 Å². The zero-order valence-electron chi connectivity index (χ0n) is 11.7. The average molecular weight is 318 g/mol. The smallest absolute Gasteiger partial charge is 0.417 e. The normalized spacial score (nSPS) is 16.6. The highest BCUT2D eigenvalue weighted by atomic mass is 28.4. The van der Waals surface area contributed by atoms with Crippen molar-refractivity contribution in [2.75, 3.05) is 6.61 Å². The Bertz CT molecular complexity index is 358. The summed E-state index contributed by atoms with van der Waals surface area (Å²) >= 11 is 0.